The number of aromatic nitrogens is 4. The van der Waals surface area contributed by atoms with Crippen molar-refractivity contribution in [2.75, 3.05) is 14.2 Å². The van der Waals surface area contributed by atoms with E-state index in [9.17, 15) is 9.59 Å². The highest BCUT2D eigenvalue weighted by molar-refractivity contribution is 6.32. The number of nitrogens with one attached hydrogen (secondary N) is 2. The summed E-state index contributed by atoms with van der Waals surface area (Å²) >= 11 is 6.61. The quantitative estimate of drug-likeness (QED) is 0.306. The molecule has 0 bridgehead atoms. The lowest BCUT2D eigenvalue weighted by atomic mass is 9.85. The largest absolute Gasteiger partial charge is 0.493 e. The number of para-hydroxylation sites is 2. The molecule has 2 aromatic heterocycles. The number of methoxy groups -OCH3 is 2. The van der Waals surface area contributed by atoms with Gasteiger partial charge >= 0.3 is 0 Å². The van der Waals surface area contributed by atoms with Crippen LogP contribution in [0.1, 0.15) is 34.0 Å². The summed E-state index contributed by atoms with van der Waals surface area (Å²) in [4.78, 5) is 27.9. The van der Waals surface area contributed by atoms with Crippen molar-refractivity contribution in [3.63, 3.8) is 0 Å². The van der Waals surface area contributed by atoms with Gasteiger partial charge in [-0.3, -0.25) is 19.8 Å². The Labute approximate surface area is 224 Å². The lowest BCUT2D eigenvalue weighted by Crippen LogP contribution is -2.25. The van der Waals surface area contributed by atoms with Crippen LogP contribution in [0.2, 0.25) is 5.02 Å². The molecule has 0 atom stereocenters. The number of H-pyrrole nitrogens is 2. The second-order valence-electron chi connectivity index (χ2n) is 8.92. The average molecular weight is 531 g/mol. The standard InChI is InChI=1S/C29H27ClN4O4/c1-17-24(28(35)33(31-17)20-11-7-5-8-12-20)26(19-15-22(30)27(38-4)23(16-19)37-3)25-18(2)32-34(29(25)36)21-13-9-6-10-14-21/h5-16,26,31-32H,1-4H3. The molecule has 9 heteroatoms. The van der Waals surface area contributed by atoms with Crippen LogP contribution in [-0.2, 0) is 0 Å². The minimum atomic E-state index is -0.755. The molecule has 5 rings (SSSR count). The molecule has 0 fully saturated rings. The molecule has 38 heavy (non-hydrogen) atoms. The van der Waals surface area contributed by atoms with Gasteiger partial charge in [0, 0.05) is 17.3 Å². The van der Waals surface area contributed by atoms with Crippen LogP contribution >= 0.6 is 11.6 Å². The number of ether oxygens (including phenoxy) is 2. The van der Waals surface area contributed by atoms with Crippen molar-refractivity contribution >= 4 is 11.6 Å². The van der Waals surface area contributed by atoms with E-state index in [1.165, 1.54) is 23.6 Å². The van der Waals surface area contributed by atoms with Crippen molar-refractivity contribution in [3.05, 3.63) is 127 Å². The van der Waals surface area contributed by atoms with Crippen LogP contribution in [0.25, 0.3) is 11.4 Å². The first-order chi connectivity index (χ1) is 18.3. The Balaban J connectivity index is 1.82. The topological polar surface area (TPSA) is 94.0 Å². The molecule has 0 aliphatic rings. The molecular weight excluding hydrogens is 504 g/mol. The Bertz CT molecular complexity index is 1620. The first-order valence-corrected chi connectivity index (χ1v) is 12.4. The van der Waals surface area contributed by atoms with Crippen molar-refractivity contribution in [3.8, 4) is 22.9 Å². The molecule has 5 aromatic rings. The number of aryl methyl sites for hydroxylation is 2. The van der Waals surface area contributed by atoms with Gasteiger partial charge < -0.3 is 9.47 Å². The molecule has 194 valence electrons. The lowest BCUT2D eigenvalue weighted by molar-refractivity contribution is 0.354. The fourth-order valence-corrected chi connectivity index (χ4v) is 5.20. The minimum Gasteiger partial charge on any atom is -0.493 e. The van der Waals surface area contributed by atoms with Crippen molar-refractivity contribution < 1.29 is 9.47 Å². The summed E-state index contributed by atoms with van der Waals surface area (Å²) in [6.45, 7) is 3.65. The van der Waals surface area contributed by atoms with Gasteiger partial charge in [-0.05, 0) is 55.8 Å². The van der Waals surface area contributed by atoms with Crippen LogP contribution in [0.3, 0.4) is 0 Å². The normalized spacial score (nSPS) is 11.2. The molecule has 0 spiro atoms. The van der Waals surface area contributed by atoms with E-state index in [1.54, 1.807) is 12.1 Å². The summed E-state index contributed by atoms with van der Waals surface area (Å²) in [5, 5.41) is 6.68. The van der Waals surface area contributed by atoms with Crippen LogP contribution in [0.15, 0.2) is 82.4 Å². The Hall–Kier alpha value is -4.43. The van der Waals surface area contributed by atoms with E-state index < -0.39 is 5.92 Å². The summed E-state index contributed by atoms with van der Waals surface area (Å²) in [7, 11) is 3.02. The number of rotatable bonds is 7. The molecule has 0 aliphatic carbocycles. The predicted octanol–water partition coefficient (Wildman–Crippen LogP) is 5.11. The van der Waals surface area contributed by atoms with E-state index in [2.05, 4.69) is 10.2 Å². The fraction of sp³-hybridized carbons (Fsp3) is 0.172. The minimum absolute atomic E-state index is 0.268. The third kappa shape index (κ3) is 4.22. The highest BCUT2D eigenvalue weighted by Gasteiger charge is 2.32. The molecule has 0 unspecified atom stereocenters. The highest BCUT2D eigenvalue weighted by atomic mass is 35.5. The predicted molar refractivity (Wildman–Crippen MR) is 148 cm³/mol. The SMILES string of the molecule is COc1cc(C(c2c(C)[nH]n(-c3ccccc3)c2=O)c2c(C)[nH]n(-c3ccccc3)c2=O)cc(Cl)c1OC. The van der Waals surface area contributed by atoms with Gasteiger partial charge in [-0.15, -0.1) is 0 Å². The summed E-state index contributed by atoms with van der Waals surface area (Å²) in [5.74, 6) is 0.0134. The van der Waals surface area contributed by atoms with Gasteiger partial charge in [0.1, 0.15) is 0 Å². The first kappa shape index (κ1) is 25.2. The molecule has 0 amide bonds. The maximum atomic E-state index is 14.0. The second-order valence-corrected chi connectivity index (χ2v) is 9.33. The fourth-order valence-electron chi connectivity index (χ4n) is 4.90. The molecule has 0 saturated carbocycles. The lowest BCUT2D eigenvalue weighted by Gasteiger charge is -2.19. The molecule has 0 radical (unpaired) electrons. The molecule has 0 saturated heterocycles. The highest BCUT2D eigenvalue weighted by Crippen LogP contribution is 2.41. The number of benzene rings is 3. The van der Waals surface area contributed by atoms with E-state index in [-0.39, 0.29) is 11.1 Å². The van der Waals surface area contributed by atoms with E-state index >= 15 is 0 Å². The molecule has 2 heterocycles. The maximum Gasteiger partial charge on any atom is 0.275 e. The summed E-state index contributed by atoms with van der Waals surface area (Å²) in [6, 6.07) is 22.0. The van der Waals surface area contributed by atoms with E-state index in [0.717, 1.165) is 0 Å². The number of nitrogens with zero attached hydrogens (tertiary/aromatic N) is 2. The molecule has 3 aromatic carbocycles. The Morgan fingerprint density at radius 2 is 1.21 bits per heavy atom. The van der Waals surface area contributed by atoms with E-state index in [1.807, 2.05) is 74.5 Å². The van der Waals surface area contributed by atoms with E-state index in [0.29, 0.717) is 56.0 Å². The third-order valence-corrected chi connectivity index (χ3v) is 6.91. The second kappa shape index (κ2) is 10.1. The van der Waals surface area contributed by atoms with Crippen LogP contribution < -0.4 is 20.6 Å². The van der Waals surface area contributed by atoms with Gasteiger partial charge in [0.15, 0.2) is 11.5 Å². The van der Waals surface area contributed by atoms with E-state index in [4.69, 9.17) is 21.1 Å². The monoisotopic (exact) mass is 530 g/mol. The van der Waals surface area contributed by atoms with Crippen LogP contribution in [-0.4, -0.2) is 33.8 Å². The van der Waals surface area contributed by atoms with Gasteiger partial charge in [-0.2, -0.15) is 0 Å². The van der Waals surface area contributed by atoms with Gasteiger partial charge in [-0.25, -0.2) is 9.36 Å². The van der Waals surface area contributed by atoms with Crippen molar-refractivity contribution in [1.82, 2.24) is 19.6 Å². The van der Waals surface area contributed by atoms with Gasteiger partial charge in [0.2, 0.25) is 0 Å². The molecular formula is C29H27ClN4O4. The van der Waals surface area contributed by atoms with Crippen molar-refractivity contribution in [2.45, 2.75) is 19.8 Å². The number of aromatic amines is 2. The molecule has 2 N–H and O–H groups in total. The summed E-state index contributed by atoms with van der Waals surface area (Å²) in [5.41, 5.74) is 3.56. The smallest absolute Gasteiger partial charge is 0.275 e. The number of hydrogen-bond donors (Lipinski definition) is 2. The van der Waals surface area contributed by atoms with Crippen molar-refractivity contribution in [1.29, 1.82) is 0 Å². The zero-order valence-electron chi connectivity index (χ0n) is 21.4. The molecule has 0 aliphatic heterocycles. The summed E-state index contributed by atoms with van der Waals surface area (Å²) in [6.07, 6.45) is 0. The van der Waals surface area contributed by atoms with Crippen molar-refractivity contribution in [2.24, 2.45) is 0 Å². The van der Waals surface area contributed by atoms with Crippen LogP contribution in [0.5, 0.6) is 11.5 Å². The Morgan fingerprint density at radius 1 is 0.737 bits per heavy atom. The average Bonchev–Trinajstić information content (AvgIpc) is 3.39. The van der Waals surface area contributed by atoms with Crippen LogP contribution in [0, 0.1) is 13.8 Å². The van der Waals surface area contributed by atoms with Gasteiger partial charge in [0.25, 0.3) is 11.1 Å². The van der Waals surface area contributed by atoms with Gasteiger partial charge in [0.05, 0.1) is 41.7 Å². The first-order valence-electron chi connectivity index (χ1n) is 12.0. The van der Waals surface area contributed by atoms with Gasteiger partial charge in [-0.1, -0.05) is 48.0 Å². The zero-order valence-corrected chi connectivity index (χ0v) is 22.2. The number of hydrogen-bond acceptors (Lipinski definition) is 4. The van der Waals surface area contributed by atoms with Crippen LogP contribution in [0.4, 0.5) is 0 Å². The Morgan fingerprint density at radius 3 is 1.63 bits per heavy atom. The zero-order chi connectivity index (χ0) is 27.0. The summed E-state index contributed by atoms with van der Waals surface area (Å²) < 4.78 is 14.0. The Kier molecular flexibility index (Phi) is 6.73. The third-order valence-electron chi connectivity index (χ3n) is 6.63. The molecule has 8 nitrogen and oxygen atoms in total. The number of halogens is 1. The maximum absolute atomic E-state index is 14.0.